The fraction of sp³-hybridized carbons (Fsp3) is 0.296. The van der Waals surface area contributed by atoms with Crippen LogP contribution in [0.15, 0.2) is 57.1 Å². The molecule has 0 unspecified atom stereocenters. The molecule has 0 bridgehead atoms. The van der Waals surface area contributed by atoms with Crippen molar-refractivity contribution in [2.75, 3.05) is 4.72 Å². The van der Waals surface area contributed by atoms with Crippen LogP contribution in [-0.2, 0) is 36.6 Å². The summed E-state index contributed by atoms with van der Waals surface area (Å²) in [6, 6.07) is 9.15. The number of aryl methyl sites for hydroxylation is 3. The van der Waals surface area contributed by atoms with Gasteiger partial charge in [0.25, 0.3) is 15.6 Å². The van der Waals surface area contributed by atoms with Gasteiger partial charge >= 0.3 is 5.69 Å². The third-order valence-electron chi connectivity index (χ3n) is 6.73. The first-order chi connectivity index (χ1) is 20.0. The zero-order valence-electron chi connectivity index (χ0n) is 23.1. The maximum Gasteiger partial charge on any atom is 0.333 e. The molecule has 2 N–H and O–H groups in total. The minimum atomic E-state index is -4.01. The molecule has 5 aromatic rings. The molecule has 4 aromatic heterocycles. The molecule has 1 aromatic carbocycles. The van der Waals surface area contributed by atoms with Gasteiger partial charge < -0.3 is 4.98 Å². The summed E-state index contributed by atoms with van der Waals surface area (Å²) in [5.41, 5.74) is 0.395. The molecule has 0 fully saturated rings. The third-order valence-corrected chi connectivity index (χ3v) is 8.80. The molecule has 42 heavy (non-hydrogen) atoms. The van der Waals surface area contributed by atoms with Gasteiger partial charge in [-0.2, -0.15) is 5.10 Å². The monoisotopic (exact) mass is 614 g/mol. The second kappa shape index (κ2) is 11.5. The summed E-state index contributed by atoms with van der Waals surface area (Å²) in [7, 11) is -2.46. The molecule has 15 heteroatoms. The zero-order valence-corrected chi connectivity index (χ0v) is 24.6. The van der Waals surface area contributed by atoms with Crippen LogP contribution in [0.1, 0.15) is 42.5 Å². The standard InChI is InChI=1S/C27H28ClFN8O4S/c1-4-5-12-36-25-22(26(38)37(27(36)39)15-17-8-6-7-9-20(17)29)31-21(32-25)13-18-10-11-19(14-30-18)34-42(40,41)23-16(2)33-35(3)24(23)28/h6-11,14,34H,4-5,12-13,15H2,1-3H3,(H,31,32). The number of hydrogen-bond acceptors (Lipinski definition) is 7. The van der Waals surface area contributed by atoms with Gasteiger partial charge in [-0.15, -0.1) is 0 Å². The number of unbranched alkanes of at least 4 members (excludes halogenated alkanes) is 1. The molecular formula is C27H28ClFN8O4S. The molecule has 0 radical (unpaired) electrons. The van der Waals surface area contributed by atoms with Crippen LogP contribution in [0.25, 0.3) is 11.2 Å². The number of aromatic amines is 1. The first-order valence-electron chi connectivity index (χ1n) is 13.1. The molecule has 0 aliphatic carbocycles. The number of H-pyrrole nitrogens is 1. The number of halogens is 2. The smallest absolute Gasteiger partial charge is 0.333 e. The van der Waals surface area contributed by atoms with E-state index in [1.807, 2.05) is 6.92 Å². The average molecular weight is 615 g/mol. The summed E-state index contributed by atoms with van der Waals surface area (Å²) in [6.07, 6.45) is 3.01. The number of benzene rings is 1. The molecule has 0 saturated heterocycles. The molecule has 4 heterocycles. The molecule has 0 saturated carbocycles. The molecule has 0 amide bonds. The Balaban J connectivity index is 1.44. The first-order valence-corrected chi connectivity index (χ1v) is 15.0. The van der Waals surface area contributed by atoms with Gasteiger partial charge in [-0.3, -0.25) is 28.3 Å². The van der Waals surface area contributed by atoms with Crippen molar-refractivity contribution in [3.63, 3.8) is 0 Å². The second-order valence-corrected chi connectivity index (χ2v) is 11.8. The fourth-order valence-electron chi connectivity index (χ4n) is 4.64. The van der Waals surface area contributed by atoms with E-state index in [-0.39, 0.29) is 51.1 Å². The molecular weight excluding hydrogens is 587 g/mol. The molecule has 220 valence electrons. The highest BCUT2D eigenvalue weighted by molar-refractivity contribution is 7.92. The maximum atomic E-state index is 14.3. The van der Waals surface area contributed by atoms with E-state index in [0.717, 1.165) is 11.0 Å². The van der Waals surface area contributed by atoms with Crippen LogP contribution < -0.4 is 16.0 Å². The lowest BCUT2D eigenvalue weighted by atomic mass is 10.2. The van der Waals surface area contributed by atoms with Crippen molar-refractivity contribution in [3.8, 4) is 0 Å². The Hall–Kier alpha value is -4.30. The van der Waals surface area contributed by atoms with Gasteiger partial charge in [-0.1, -0.05) is 43.1 Å². The normalized spacial score (nSPS) is 11.8. The molecule has 0 aliphatic rings. The molecule has 0 atom stereocenters. The molecule has 12 nitrogen and oxygen atoms in total. The number of pyridine rings is 1. The molecule has 0 aliphatic heterocycles. The van der Waals surface area contributed by atoms with Crippen molar-refractivity contribution in [1.29, 1.82) is 0 Å². The van der Waals surface area contributed by atoms with Gasteiger partial charge in [0.15, 0.2) is 5.65 Å². The van der Waals surface area contributed by atoms with Crippen LogP contribution in [0, 0.1) is 12.7 Å². The Morgan fingerprint density at radius 2 is 1.88 bits per heavy atom. The van der Waals surface area contributed by atoms with Crippen LogP contribution in [0.2, 0.25) is 5.15 Å². The maximum absolute atomic E-state index is 14.3. The summed E-state index contributed by atoms with van der Waals surface area (Å²) < 4.78 is 46.3. The first kappa shape index (κ1) is 29.2. The molecule has 0 spiro atoms. The van der Waals surface area contributed by atoms with E-state index in [1.54, 1.807) is 38.2 Å². The number of imidazole rings is 1. The van der Waals surface area contributed by atoms with E-state index < -0.39 is 27.1 Å². The van der Waals surface area contributed by atoms with Crippen LogP contribution in [-0.4, -0.2) is 42.3 Å². The van der Waals surface area contributed by atoms with Crippen LogP contribution in [0.4, 0.5) is 10.1 Å². The van der Waals surface area contributed by atoms with E-state index in [1.165, 1.54) is 27.6 Å². The highest BCUT2D eigenvalue weighted by Gasteiger charge is 2.25. The van der Waals surface area contributed by atoms with Crippen LogP contribution in [0.5, 0.6) is 0 Å². The Kier molecular flexibility index (Phi) is 8.01. The quantitative estimate of drug-likeness (QED) is 0.245. The number of hydrogen-bond donors (Lipinski definition) is 2. The van der Waals surface area contributed by atoms with Crippen LogP contribution in [0.3, 0.4) is 0 Å². The average Bonchev–Trinajstić information content (AvgIpc) is 3.48. The van der Waals surface area contributed by atoms with E-state index in [4.69, 9.17) is 11.6 Å². The van der Waals surface area contributed by atoms with Gasteiger partial charge in [-0.25, -0.2) is 22.6 Å². The van der Waals surface area contributed by atoms with Crippen molar-refractivity contribution in [3.05, 3.63) is 97.2 Å². The predicted molar refractivity (Wildman–Crippen MR) is 156 cm³/mol. The Morgan fingerprint density at radius 1 is 1.12 bits per heavy atom. The van der Waals surface area contributed by atoms with E-state index in [0.29, 0.717) is 24.5 Å². The summed E-state index contributed by atoms with van der Waals surface area (Å²) in [4.78, 5) is 38.5. The highest BCUT2D eigenvalue weighted by atomic mass is 35.5. The lowest BCUT2D eigenvalue weighted by molar-refractivity contribution is 0.553. The minimum absolute atomic E-state index is 0.0140. The third kappa shape index (κ3) is 5.59. The van der Waals surface area contributed by atoms with Crippen molar-refractivity contribution in [2.24, 2.45) is 7.05 Å². The number of aromatic nitrogens is 7. The topological polar surface area (TPSA) is 150 Å². The number of anilines is 1. The number of nitrogens with one attached hydrogen (secondary N) is 2. The fourth-order valence-corrected chi connectivity index (χ4v) is 6.43. The number of nitrogens with zero attached hydrogens (tertiary/aromatic N) is 6. The second-order valence-electron chi connectivity index (χ2n) is 9.80. The lowest BCUT2D eigenvalue weighted by Gasteiger charge is -2.11. The Morgan fingerprint density at radius 3 is 2.52 bits per heavy atom. The largest absolute Gasteiger partial charge is 0.336 e. The summed E-state index contributed by atoms with van der Waals surface area (Å²) >= 11 is 6.12. The minimum Gasteiger partial charge on any atom is -0.336 e. The summed E-state index contributed by atoms with van der Waals surface area (Å²) in [6.45, 7) is 3.64. The SMILES string of the molecule is CCCCn1c(=O)n(Cc2ccccc2F)c(=O)c2[nH]c(Cc3ccc(NS(=O)(=O)c4c(C)nn(C)c4Cl)cn3)nc21. The lowest BCUT2D eigenvalue weighted by Crippen LogP contribution is -2.40. The predicted octanol–water partition coefficient (Wildman–Crippen LogP) is 3.36. The molecule has 5 rings (SSSR count). The van der Waals surface area contributed by atoms with Gasteiger partial charge in [0, 0.05) is 31.3 Å². The van der Waals surface area contributed by atoms with Crippen molar-refractivity contribution in [1.82, 2.24) is 33.9 Å². The van der Waals surface area contributed by atoms with Gasteiger partial charge in [0.05, 0.1) is 24.1 Å². The summed E-state index contributed by atoms with van der Waals surface area (Å²) in [5.74, 6) is -0.126. The summed E-state index contributed by atoms with van der Waals surface area (Å²) in [5, 5.41) is 4.03. The number of rotatable bonds is 10. The van der Waals surface area contributed by atoms with Gasteiger partial charge in [0.1, 0.15) is 27.2 Å². The Bertz CT molecular complexity index is 2010. The van der Waals surface area contributed by atoms with Crippen molar-refractivity contribution in [2.45, 2.75) is 51.1 Å². The van der Waals surface area contributed by atoms with Crippen molar-refractivity contribution < 1.29 is 12.8 Å². The van der Waals surface area contributed by atoms with Crippen molar-refractivity contribution >= 4 is 38.5 Å². The van der Waals surface area contributed by atoms with Gasteiger partial charge in [0.2, 0.25) is 0 Å². The van der Waals surface area contributed by atoms with E-state index in [9.17, 15) is 22.4 Å². The highest BCUT2D eigenvalue weighted by Crippen LogP contribution is 2.26. The van der Waals surface area contributed by atoms with Gasteiger partial charge in [-0.05, 0) is 31.5 Å². The van der Waals surface area contributed by atoms with E-state index >= 15 is 0 Å². The van der Waals surface area contributed by atoms with E-state index in [2.05, 4.69) is 24.8 Å². The zero-order chi connectivity index (χ0) is 30.2. The number of sulfonamides is 1. The van der Waals surface area contributed by atoms with Crippen LogP contribution >= 0.6 is 11.6 Å². The number of fused-ring (bicyclic) bond motifs is 1. The Labute approximate surface area is 244 Å².